The van der Waals surface area contributed by atoms with E-state index in [1.807, 2.05) is 30.6 Å². The first kappa shape index (κ1) is 15.5. The summed E-state index contributed by atoms with van der Waals surface area (Å²) in [6.45, 7) is 2.31. The topological polar surface area (TPSA) is 67.4 Å². The molecular formula is C12H18IN5O. The Kier molecular flexibility index (Phi) is 7.01. The summed E-state index contributed by atoms with van der Waals surface area (Å²) < 4.78 is 6.87. The molecule has 104 valence electrons. The van der Waals surface area contributed by atoms with Crippen LogP contribution >= 0.6 is 24.0 Å². The van der Waals surface area contributed by atoms with Crippen LogP contribution in [0.25, 0.3) is 0 Å². The molecule has 0 amide bonds. The van der Waals surface area contributed by atoms with Gasteiger partial charge in [-0.25, -0.2) is 0 Å². The third-order valence-electron chi connectivity index (χ3n) is 2.48. The Bertz CT molecular complexity index is 466. The molecule has 19 heavy (non-hydrogen) atoms. The van der Waals surface area contributed by atoms with Gasteiger partial charge in [-0.3, -0.25) is 4.99 Å². The molecule has 2 rings (SSSR count). The van der Waals surface area contributed by atoms with Crippen LogP contribution in [-0.2, 0) is 13.1 Å². The Morgan fingerprint density at radius 1 is 1.37 bits per heavy atom. The van der Waals surface area contributed by atoms with Gasteiger partial charge in [0, 0.05) is 38.6 Å². The highest BCUT2D eigenvalue weighted by atomic mass is 127. The summed E-state index contributed by atoms with van der Waals surface area (Å²) in [5, 5.41) is 10.2. The Labute approximate surface area is 129 Å². The number of nitrogens with one attached hydrogen (secondary N) is 2. The van der Waals surface area contributed by atoms with E-state index in [1.54, 1.807) is 13.3 Å². The molecule has 0 bridgehead atoms. The predicted octanol–water partition coefficient (Wildman–Crippen LogP) is 1.46. The fourth-order valence-electron chi connectivity index (χ4n) is 1.55. The molecule has 2 heterocycles. The lowest BCUT2D eigenvalue weighted by atomic mass is 10.4. The molecule has 7 heteroatoms. The van der Waals surface area contributed by atoms with Crippen LogP contribution in [0.5, 0.6) is 0 Å². The number of hydrogen-bond donors (Lipinski definition) is 2. The molecule has 6 nitrogen and oxygen atoms in total. The smallest absolute Gasteiger partial charge is 0.191 e. The van der Waals surface area contributed by atoms with Crippen LogP contribution in [0.4, 0.5) is 0 Å². The van der Waals surface area contributed by atoms with Crippen LogP contribution in [0, 0.1) is 0 Å². The highest BCUT2D eigenvalue weighted by Crippen LogP contribution is 1.92. The molecule has 0 fully saturated rings. The first-order valence-corrected chi connectivity index (χ1v) is 5.83. The number of rotatable bonds is 5. The largest absolute Gasteiger partial charge is 0.364 e. The van der Waals surface area contributed by atoms with Gasteiger partial charge in [0.15, 0.2) is 5.96 Å². The van der Waals surface area contributed by atoms with Gasteiger partial charge in [-0.1, -0.05) is 5.16 Å². The van der Waals surface area contributed by atoms with E-state index >= 15 is 0 Å². The van der Waals surface area contributed by atoms with Gasteiger partial charge in [0.05, 0.1) is 6.54 Å². The minimum Gasteiger partial charge on any atom is -0.364 e. The van der Waals surface area contributed by atoms with E-state index in [0.29, 0.717) is 6.54 Å². The molecular weight excluding hydrogens is 357 g/mol. The van der Waals surface area contributed by atoms with Crippen LogP contribution in [0.1, 0.15) is 5.69 Å². The van der Waals surface area contributed by atoms with Gasteiger partial charge >= 0.3 is 0 Å². The van der Waals surface area contributed by atoms with Gasteiger partial charge in [0.25, 0.3) is 0 Å². The van der Waals surface area contributed by atoms with Crippen molar-refractivity contribution in [2.24, 2.45) is 4.99 Å². The quantitative estimate of drug-likeness (QED) is 0.472. The number of nitrogens with zero attached hydrogens (tertiary/aromatic N) is 3. The Balaban J connectivity index is 0.00000180. The molecule has 2 aromatic rings. The third-order valence-corrected chi connectivity index (χ3v) is 2.48. The number of halogens is 1. The van der Waals surface area contributed by atoms with E-state index in [0.717, 1.165) is 24.7 Å². The van der Waals surface area contributed by atoms with Gasteiger partial charge in [-0.05, 0) is 12.1 Å². The highest BCUT2D eigenvalue weighted by Gasteiger charge is 1.99. The van der Waals surface area contributed by atoms with Gasteiger partial charge in [0.2, 0.25) is 0 Å². The monoisotopic (exact) mass is 375 g/mol. The zero-order valence-corrected chi connectivity index (χ0v) is 13.1. The molecule has 2 N–H and O–H groups in total. The average molecular weight is 375 g/mol. The van der Waals surface area contributed by atoms with Crippen molar-refractivity contribution >= 4 is 29.9 Å². The average Bonchev–Trinajstić information content (AvgIpc) is 3.06. The second-order valence-electron chi connectivity index (χ2n) is 3.76. The first-order chi connectivity index (χ1) is 8.88. The number of aliphatic imine (C=N–C) groups is 1. The lowest BCUT2D eigenvalue weighted by Gasteiger charge is -2.11. The normalized spacial score (nSPS) is 10.9. The Morgan fingerprint density at radius 2 is 2.16 bits per heavy atom. The lowest BCUT2D eigenvalue weighted by molar-refractivity contribution is 0.410. The van der Waals surface area contributed by atoms with Crippen LogP contribution in [0.2, 0.25) is 0 Å². The molecule has 0 aliphatic rings. The molecule has 0 aliphatic heterocycles. The summed E-state index contributed by atoms with van der Waals surface area (Å²) in [7, 11) is 1.74. The van der Waals surface area contributed by atoms with E-state index in [-0.39, 0.29) is 24.0 Å². The van der Waals surface area contributed by atoms with E-state index in [1.165, 1.54) is 0 Å². The summed E-state index contributed by atoms with van der Waals surface area (Å²) >= 11 is 0. The van der Waals surface area contributed by atoms with Crippen molar-refractivity contribution in [1.82, 2.24) is 20.4 Å². The van der Waals surface area contributed by atoms with Crippen molar-refractivity contribution in [3.8, 4) is 0 Å². The lowest BCUT2D eigenvalue weighted by Crippen LogP contribution is -2.38. The van der Waals surface area contributed by atoms with Crippen LogP contribution in [0.3, 0.4) is 0 Å². The summed E-state index contributed by atoms with van der Waals surface area (Å²) in [6.07, 6.45) is 5.62. The highest BCUT2D eigenvalue weighted by molar-refractivity contribution is 14.0. The minimum atomic E-state index is 0. The molecule has 0 aromatic carbocycles. The maximum absolute atomic E-state index is 4.76. The first-order valence-electron chi connectivity index (χ1n) is 5.83. The van der Waals surface area contributed by atoms with E-state index in [9.17, 15) is 0 Å². The summed E-state index contributed by atoms with van der Waals surface area (Å²) in [6, 6.07) is 5.84. The summed E-state index contributed by atoms with van der Waals surface area (Å²) in [5.74, 6) is 0.755. The maximum Gasteiger partial charge on any atom is 0.191 e. The number of aromatic nitrogens is 2. The van der Waals surface area contributed by atoms with Gasteiger partial charge < -0.3 is 19.7 Å². The summed E-state index contributed by atoms with van der Waals surface area (Å²) in [5.41, 5.74) is 0.850. The Morgan fingerprint density at radius 3 is 2.79 bits per heavy atom. The molecule has 0 radical (unpaired) electrons. The number of hydrogen-bond acceptors (Lipinski definition) is 3. The van der Waals surface area contributed by atoms with E-state index in [2.05, 4.69) is 25.3 Å². The van der Waals surface area contributed by atoms with Crippen molar-refractivity contribution in [2.45, 2.75) is 13.1 Å². The minimum absolute atomic E-state index is 0. The van der Waals surface area contributed by atoms with E-state index < -0.39 is 0 Å². The van der Waals surface area contributed by atoms with Gasteiger partial charge in [0.1, 0.15) is 12.0 Å². The molecule has 0 saturated heterocycles. The molecule has 0 unspecified atom stereocenters. The Hall–Kier alpha value is -1.51. The summed E-state index contributed by atoms with van der Waals surface area (Å²) in [4.78, 5) is 4.13. The second kappa shape index (κ2) is 8.57. The van der Waals surface area contributed by atoms with Crippen molar-refractivity contribution < 1.29 is 4.52 Å². The molecule has 0 atom stereocenters. The van der Waals surface area contributed by atoms with Crippen molar-refractivity contribution in [3.05, 3.63) is 42.5 Å². The third kappa shape index (κ3) is 5.33. The SMILES string of the molecule is CN=C(NCCn1cccc1)NCc1ccon1.I. The molecule has 0 saturated carbocycles. The molecule has 0 aliphatic carbocycles. The van der Waals surface area contributed by atoms with Crippen LogP contribution in [0.15, 0.2) is 46.4 Å². The fraction of sp³-hybridized carbons (Fsp3) is 0.333. The molecule has 0 spiro atoms. The van der Waals surface area contributed by atoms with Crippen molar-refractivity contribution in [2.75, 3.05) is 13.6 Å². The fourth-order valence-corrected chi connectivity index (χ4v) is 1.55. The van der Waals surface area contributed by atoms with Crippen LogP contribution < -0.4 is 10.6 Å². The zero-order valence-electron chi connectivity index (χ0n) is 10.7. The maximum atomic E-state index is 4.76. The predicted molar refractivity (Wildman–Crippen MR) is 84.6 cm³/mol. The van der Waals surface area contributed by atoms with Gasteiger partial charge in [-0.2, -0.15) is 0 Å². The number of guanidine groups is 1. The van der Waals surface area contributed by atoms with Crippen molar-refractivity contribution in [1.29, 1.82) is 0 Å². The second-order valence-corrected chi connectivity index (χ2v) is 3.76. The standard InChI is InChI=1S/C12H17N5O.HI/c1-13-12(15-10-11-4-9-18-16-11)14-5-8-17-6-2-3-7-17;/h2-4,6-7,9H,5,8,10H2,1H3,(H2,13,14,15);1H. The van der Waals surface area contributed by atoms with E-state index in [4.69, 9.17) is 4.52 Å². The van der Waals surface area contributed by atoms with Crippen LogP contribution in [-0.4, -0.2) is 29.3 Å². The van der Waals surface area contributed by atoms with Crippen molar-refractivity contribution in [3.63, 3.8) is 0 Å². The molecule has 2 aromatic heterocycles. The zero-order chi connectivity index (χ0) is 12.6. The van der Waals surface area contributed by atoms with Gasteiger partial charge in [-0.15, -0.1) is 24.0 Å².